The second-order valence-electron chi connectivity index (χ2n) is 5.00. The van der Waals surface area contributed by atoms with Crippen molar-refractivity contribution in [3.63, 3.8) is 0 Å². The SMILES string of the molecule is CC1(C)C(O)CC1NC1COCC1O. The van der Waals surface area contributed by atoms with E-state index in [1.807, 2.05) is 13.8 Å². The van der Waals surface area contributed by atoms with Crippen LogP contribution in [0.3, 0.4) is 0 Å². The molecule has 3 N–H and O–H groups in total. The lowest BCUT2D eigenvalue weighted by Gasteiger charge is -2.50. The lowest BCUT2D eigenvalue weighted by Crippen LogP contribution is -2.63. The number of hydrogen-bond acceptors (Lipinski definition) is 4. The molecule has 0 radical (unpaired) electrons. The molecule has 1 aliphatic carbocycles. The van der Waals surface area contributed by atoms with Crippen molar-refractivity contribution in [3.8, 4) is 0 Å². The smallest absolute Gasteiger partial charge is 0.0948 e. The molecule has 14 heavy (non-hydrogen) atoms. The molecule has 1 saturated heterocycles. The van der Waals surface area contributed by atoms with Gasteiger partial charge in [-0.05, 0) is 6.42 Å². The minimum absolute atomic E-state index is 0.0341. The summed E-state index contributed by atoms with van der Waals surface area (Å²) in [6.45, 7) is 5.08. The molecule has 0 aromatic carbocycles. The van der Waals surface area contributed by atoms with Gasteiger partial charge in [-0.1, -0.05) is 13.8 Å². The van der Waals surface area contributed by atoms with Crippen LogP contribution in [0.4, 0.5) is 0 Å². The van der Waals surface area contributed by atoms with Crippen LogP contribution in [0.15, 0.2) is 0 Å². The topological polar surface area (TPSA) is 61.7 Å². The Labute approximate surface area is 84.3 Å². The maximum atomic E-state index is 9.55. The van der Waals surface area contributed by atoms with E-state index in [9.17, 15) is 10.2 Å². The molecule has 2 fully saturated rings. The van der Waals surface area contributed by atoms with Gasteiger partial charge in [-0.25, -0.2) is 0 Å². The molecule has 4 nitrogen and oxygen atoms in total. The number of ether oxygens (including phenoxy) is 1. The predicted octanol–water partition coefficient (Wildman–Crippen LogP) is -0.505. The summed E-state index contributed by atoms with van der Waals surface area (Å²) in [5.41, 5.74) is -0.0810. The van der Waals surface area contributed by atoms with Crippen molar-refractivity contribution in [2.24, 2.45) is 5.41 Å². The zero-order valence-corrected chi connectivity index (χ0v) is 8.73. The molecular weight excluding hydrogens is 182 g/mol. The molecule has 0 spiro atoms. The Morgan fingerprint density at radius 1 is 1.29 bits per heavy atom. The first-order valence-corrected chi connectivity index (χ1v) is 5.21. The highest BCUT2D eigenvalue weighted by atomic mass is 16.5. The van der Waals surface area contributed by atoms with E-state index < -0.39 is 6.10 Å². The Bertz CT molecular complexity index is 219. The van der Waals surface area contributed by atoms with Gasteiger partial charge < -0.3 is 20.3 Å². The number of aliphatic hydroxyl groups is 2. The molecule has 0 aromatic heterocycles. The zero-order chi connectivity index (χ0) is 10.3. The van der Waals surface area contributed by atoms with Gasteiger partial charge in [0, 0.05) is 11.5 Å². The average Bonchev–Trinajstić information content (AvgIpc) is 2.51. The minimum Gasteiger partial charge on any atom is -0.392 e. The standard InChI is InChI=1S/C10H19NO3/c1-10(2)8(3-9(10)13)11-6-4-14-5-7(6)12/h6-9,11-13H,3-5H2,1-2H3. The molecule has 2 rings (SSSR count). The average molecular weight is 201 g/mol. The zero-order valence-electron chi connectivity index (χ0n) is 8.73. The molecule has 1 heterocycles. The molecule has 0 aromatic rings. The molecule has 0 amide bonds. The molecule has 1 aliphatic heterocycles. The number of hydrogen-bond donors (Lipinski definition) is 3. The van der Waals surface area contributed by atoms with Gasteiger partial charge in [-0.15, -0.1) is 0 Å². The Kier molecular flexibility index (Phi) is 2.55. The van der Waals surface area contributed by atoms with Gasteiger partial charge in [0.15, 0.2) is 0 Å². The van der Waals surface area contributed by atoms with Crippen molar-refractivity contribution in [2.75, 3.05) is 13.2 Å². The van der Waals surface area contributed by atoms with Crippen LogP contribution in [-0.2, 0) is 4.74 Å². The van der Waals surface area contributed by atoms with E-state index in [0.717, 1.165) is 6.42 Å². The van der Waals surface area contributed by atoms with E-state index in [1.165, 1.54) is 0 Å². The van der Waals surface area contributed by atoms with Gasteiger partial charge in [0.05, 0.1) is 31.5 Å². The van der Waals surface area contributed by atoms with Crippen LogP contribution in [0.1, 0.15) is 20.3 Å². The Morgan fingerprint density at radius 2 is 2.00 bits per heavy atom. The fourth-order valence-electron chi connectivity index (χ4n) is 2.15. The first-order chi connectivity index (χ1) is 6.51. The van der Waals surface area contributed by atoms with Gasteiger partial charge in [-0.2, -0.15) is 0 Å². The first-order valence-electron chi connectivity index (χ1n) is 5.21. The van der Waals surface area contributed by atoms with Crippen LogP contribution in [0.25, 0.3) is 0 Å². The van der Waals surface area contributed by atoms with Crippen molar-refractivity contribution in [3.05, 3.63) is 0 Å². The fourth-order valence-corrected chi connectivity index (χ4v) is 2.15. The Morgan fingerprint density at radius 3 is 2.43 bits per heavy atom. The summed E-state index contributed by atoms with van der Waals surface area (Å²) in [7, 11) is 0. The fraction of sp³-hybridized carbons (Fsp3) is 1.00. The van der Waals surface area contributed by atoms with E-state index >= 15 is 0 Å². The first kappa shape index (κ1) is 10.4. The lowest BCUT2D eigenvalue weighted by molar-refractivity contribution is -0.0788. The van der Waals surface area contributed by atoms with Crippen molar-refractivity contribution in [1.82, 2.24) is 5.32 Å². The molecule has 2 aliphatic rings. The van der Waals surface area contributed by atoms with Gasteiger partial charge in [0.1, 0.15) is 0 Å². The summed E-state index contributed by atoms with van der Waals surface area (Å²) in [5.74, 6) is 0. The third-order valence-electron chi connectivity index (χ3n) is 3.68. The third kappa shape index (κ3) is 1.56. The summed E-state index contributed by atoms with van der Waals surface area (Å²) < 4.78 is 5.16. The number of nitrogens with one attached hydrogen (secondary N) is 1. The van der Waals surface area contributed by atoms with E-state index in [0.29, 0.717) is 19.3 Å². The monoisotopic (exact) mass is 201 g/mol. The molecule has 1 saturated carbocycles. The van der Waals surface area contributed by atoms with E-state index in [1.54, 1.807) is 0 Å². The van der Waals surface area contributed by atoms with Gasteiger partial charge in [-0.3, -0.25) is 0 Å². The van der Waals surface area contributed by atoms with Crippen molar-refractivity contribution >= 4 is 0 Å². The molecular formula is C10H19NO3. The van der Waals surface area contributed by atoms with E-state index in [-0.39, 0.29) is 17.6 Å². The highest BCUT2D eigenvalue weighted by molar-refractivity contribution is 5.03. The molecule has 4 heteroatoms. The highest BCUT2D eigenvalue weighted by Gasteiger charge is 2.48. The quantitative estimate of drug-likeness (QED) is 0.563. The Hall–Kier alpha value is -0.160. The van der Waals surface area contributed by atoms with Crippen molar-refractivity contribution in [1.29, 1.82) is 0 Å². The molecule has 4 atom stereocenters. The van der Waals surface area contributed by atoms with E-state index in [2.05, 4.69) is 5.32 Å². The van der Waals surface area contributed by atoms with Gasteiger partial charge >= 0.3 is 0 Å². The van der Waals surface area contributed by atoms with Gasteiger partial charge in [0.25, 0.3) is 0 Å². The molecule has 0 bridgehead atoms. The normalized spacial score (nSPS) is 46.3. The van der Waals surface area contributed by atoms with Crippen LogP contribution < -0.4 is 5.32 Å². The van der Waals surface area contributed by atoms with E-state index in [4.69, 9.17) is 4.74 Å². The predicted molar refractivity (Wildman–Crippen MR) is 51.9 cm³/mol. The summed E-state index contributed by atoms with van der Waals surface area (Å²) in [5, 5.41) is 22.4. The summed E-state index contributed by atoms with van der Waals surface area (Å²) >= 11 is 0. The van der Waals surface area contributed by atoms with Crippen LogP contribution >= 0.6 is 0 Å². The molecule has 4 unspecified atom stereocenters. The number of aliphatic hydroxyl groups excluding tert-OH is 2. The largest absolute Gasteiger partial charge is 0.392 e. The lowest BCUT2D eigenvalue weighted by atomic mass is 9.64. The van der Waals surface area contributed by atoms with Crippen LogP contribution in [-0.4, -0.2) is 47.7 Å². The molecule has 82 valence electrons. The number of rotatable bonds is 2. The minimum atomic E-state index is -0.399. The highest BCUT2D eigenvalue weighted by Crippen LogP contribution is 2.40. The van der Waals surface area contributed by atoms with Crippen molar-refractivity contribution < 1.29 is 14.9 Å². The van der Waals surface area contributed by atoms with Gasteiger partial charge in [0.2, 0.25) is 0 Å². The maximum absolute atomic E-state index is 9.55. The van der Waals surface area contributed by atoms with Crippen LogP contribution in [0.5, 0.6) is 0 Å². The summed E-state index contributed by atoms with van der Waals surface area (Å²) in [4.78, 5) is 0. The maximum Gasteiger partial charge on any atom is 0.0948 e. The second kappa shape index (κ2) is 3.45. The Balaban J connectivity index is 1.87. The van der Waals surface area contributed by atoms with Crippen LogP contribution in [0.2, 0.25) is 0 Å². The van der Waals surface area contributed by atoms with Crippen molar-refractivity contribution in [2.45, 2.75) is 44.6 Å². The second-order valence-corrected chi connectivity index (χ2v) is 5.00. The van der Waals surface area contributed by atoms with Crippen LogP contribution in [0, 0.1) is 5.41 Å². The summed E-state index contributed by atoms with van der Waals surface area (Å²) in [6.07, 6.45) is 0.152. The summed E-state index contributed by atoms with van der Waals surface area (Å²) in [6, 6.07) is 0.325. The third-order valence-corrected chi connectivity index (χ3v) is 3.68.